The number of hydrogen-bond acceptors (Lipinski definition) is 5. The first-order valence-corrected chi connectivity index (χ1v) is 6.56. The second kappa shape index (κ2) is 8.26. The topological polar surface area (TPSA) is 81.7 Å². The van der Waals surface area contributed by atoms with Crippen LogP contribution in [0.15, 0.2) is 24.3 Å². The third kappa shape index (κ3) is 5.43. The Kier molecular flexibility index (Phi) is 6.68. The minimum Gasteiger partial charge on any atom is -0.469 e. The van der Waals surface area contributed by atoms with Gasteiger partial charge in [0.15, 0.2) is 0 Å². The molecule has 0 aromatic heterocycles. The van der Waals surface area contributed by atoms with Gasteiger partial charge >= 0.3 is 11.9 Å². The van der Waals surface area contributed by atoms with Gasteiger partial charge in [0.2, 0.25) is 0 Å². The summed E-state index contributed by atoms with van der Waals surface area (Å²) in [5.74, 6) is -1.54. The first-order chi connectivity index (χ1) is 9.97. The van der Waals surface area contributed by atoms with Gasteiger partial charge in [0.25, 0.3) is 5.91 Å². The molecule has 0 radical (unpaired) electrons. The van der Waals surface area contributed by atoms with Crippen LogP contribution in [0.4, 0.5) is 0 Å². The smallest absolute Gasteiger partial charge is 0.328 e. The second-order valence-corrected chi connectivity index (χ2v) is 4.61. The molecule has 0 bridgehead atoms. The summed E-state index contributed by atoms with van der Waals surface area (Å²) in [4.78, 5) is 34.8. The van der Waals surface area contributed by atoms with E-state index in [1.807, 2.05) is 0 Å². The van der Waals surface area contributed by atoms with Gasteiger partial charge in [-0.25, -0.2) is 4.79 Å². The van der Waals surface area contributed by atoms with Gasteiger partial charge in [0.1, 0.15) is 6.04 Å². The van der Waals surface area contributed by atoms with Crippen molar-refractivity contribution in [1.29, 1.82) is 0 Å². The zero-order chi connectivity index (χ0) is 15.8. The lowest BCUT2D eigenvalue weighted by Crippen LogP contribution is -2.41. The number of halogens is 1. The van der Waals surface area contributed by atoms with Crippen molar-refractivity contribution >= 4 is 29.4 Å². The number of esters is 2. The van der Waals surface area contributed by atoms with Crippen molar-refractivity contribution in [2.24, 2.45) is 0 Å². The molecule has 0 saturated heterocycles. The maximum atomic E-state index is 12.0. The van der Waals surface area contributed by atoms with Crippen molar-refractivity contribution in [3.05, 3.63) is 34.9 Å². The Morgan fingerprint density at radius 2 is 1.76 bits per heavy atom. The van der Waals surface area contributed by atoms with Crippen molar-refractivity contribution in [2.75, 3.05) is 14.2 Å². The Hall–Kier alpha value is -2.08. The quantitative estimate of drug-likeness (QED) is 0.806. The molecule has 1 amide bonds. The Bertz CT molecular complexity index is 515. The Morgan fingerprint density at radius 3 is 2.29 bits per heavy atom. The molecule has 21 heavy (non-hydrogen) atoms. The van der Waals surface area contributed by atoms with Gasteiger partial charge in [-0.2, -0.15) is 0 Å². The van der Waals surface area contributed by atoms with Gasteiger partial charge in [-0.15, -0.1) is 0 Å². The summed E-state index contributed by atoms with van der Waals surface area (Å²) in [5, 5.41) is 3.02. The molecule has 7 heteroatoms. The monoisotopic (exact) mass is 313 g/mol. The number of benzene rings is 1. The molecular weight excluding hydrogens is 298 g/mol. The minimum atomic E-state index is -0.919. The third-order valence-electron chi connectivity index (χ3n) is 2.76. The Balaban J connectivity index is 2.71. The van der Waals surface area contributed by atoms with Gasteiger partial charge in [0.05, 0.1) is 14.2 Å². The fourth-order valence-electron chi connectivity index (χ4n) is 1.60. The molecule has 6 nitrogen and oxygen atoms in total. The van der Waals surface area contributed by atoms with Crippen LogP contribution in [0.5, 0.6) is 0 Å². The normalized spacial score (nSPS) is 11.4. The number of methoxy groups -OCH3 is 2. The average Bonchev–Trinajstić information content (AvgIpc) is 2.50. The van der Waals surface area contributed by atoms with Crippen molar-refractivity contribution in [1.82, 2.24) is 5.32 Å². The fourth-order valence-corrected chi connectivity index (χ4v) is 1.72. The zero-order valence-corrected chi connectivity index (χ0v) is 12.5. The predicted octanol–water partition coefficient (Wildman–Crippen LogP) is 1.56. The van der Waals surface area contributed by atoms with Crippen molar-refractivity contribution in [2.45, 2.75) is 18.9 Å². The van der Waals surface area contributed by atoms with E-state index in [1.165, 1.54) is 26.4 Å². The summed E-state index contributed by atoms with van der Waals surface area (Å²) in [6, 6.07) is 5.28. The Labute approximate surface area is 127 Å². The number of hydrogen-bond donors (Lipinski definition) is 1. The fraction of sp³-hybridized carbons (Fsp3) is 0.357. The van der Waals surface area contributed by atoms with Crippen LogP contribution in [0.25, 0.3) is 0 Å². The minimum absolute atomic E-state index is 0.00281. The zero-order valence-electron chi connectivity index (χ0n) is 11.7. The standard InChI is InChI=1S/C14H16ClNO5/c1-20-12(17)8-7-11(14(19)21-2)16-13(18)9-3-5-10(15)6-4-9/h3-6,11H,7-8H2,1-2H3,(H,16,18)/t11-/m1/s1. The van der Waals surface area contributed by atoms with Gasteiger partial charge in [-0.05, 0) is 30.7 Å². The van der Waals surface area contributed by atoms with Crippen LogP contribution in [0.3, 0.4) is 0 Å². The molecule has 0 aliphatic rings. The first-order valence-electron chi connectivity index (χ1n) is 6.19. The van der Waals surface area contributed by atoms with E-state index in [1.54, 1.807) is 12.1 Å². The van der Waals surface area contributed by atoms with Crippen molar-refractivity contribution in [3.63, 3.8) is 0 Å². The molecule has 114 valence electrons. The van der Waals surface area contributed by atoms with Crippen LogP contribution in [-0.2, 0) is 19.1 Å². The van der Waals surface area contributed by atoms with E-state index in [0.29, 0.717) is 10.6 Å². The largest absolute Gasteiger partial charge is 0.469 e. The van der Waals surface area contributed by atoms with Gasteiger partial charge in [0, 0.05) is 17.0 Å². The lowest BCUT2D eigenvalue weighted by atomic mass is 10.1. The van der Waals surface area contributed by atoms with E-state index in [2.05, 4.69) is 14.8 Å². The highest BCUT2D eigenvalue weighted by Gasteiger charge is 2.23. The summed E-state index contributed by atoms with van der Waals surface area (Å²) in [7, 11) is 2.46. The maximum absolute atomic E-state index is 12.0. The van der Waals surface area contributed by atoms with E-state index in [9.17, 15) is 14.4 Å². The van der Waals surface area contributed by atoms with E-state index in [0.717, 1.165) is 0 Å². The molecule has 0 aliphatic heterocycles. The number of ether oxygens (including phenoxy) is 2. The maximum Gasteiger partial charge on any atom is 0.328 e. The average molecular weight is 314 g/mol. The van der Waals surface area contributed by atoms with Gasteiger partial charge < -0.3 is 14.8 Å². The van der Waals surface area contributed by atoms with Gasteiger partial charge in [-0.3, -0.25) is 9.59 Å². The van der Waals surface area contributed by atoms with E-state index >= 15 is 0 Å². The number of rotatable bonds is 6. The van der Waals surface area contributed by atoms with Crippen LogP contribution < -0.4 is 5.32 Å². The summed E-state index contributed by atoms with van der Waals surface area (Å²) in [6.07, 6.45) is 0.0931. The summed E-state index contributed by atoms with van der Waals surface area (Å²) >= 11 is 5.74. The second-order valence-electron chi connectivity index (χ2n) is 4.17. The molecule has 1 aromatic carbocycles. The molecule has 0 saturated carbocycles. The molecule has 0 unspecified atom stereocenters. The lowest BCUT2D eigenvalue weighted by molar-refractivity contribution is -0.144. The highest BCUT2D eigenvalue weighted by molar-refractivity contribution is 6.30. The molecular formula is C14H16ClNO5. The number of amides is 1. The van der Waals surface area contributed by atoms with E-state index in [4.69, 9.17) is 11.6 Å². The molecule has 1 aromatic rings. The SMILES string of the molecule is COC(=O)CC[C@@H](NC(=O)c1ccc(Cl)cc1)C(=O)OC. The summed E-state index contributed by atoms with van der Waals surface area (Å²) in [6.45, 7) is 0. The first kappa shape index (κ1) is 17.0. The van der Waals surface area contributed by atoms with Crippen LogP contribution in [0.2, 0.25) is 5.02 Å². The Morgan fingerprint density at radius 1 is 1.14 bits per heavy atom. The highest BCUT2D eigenvalue weighted by Crippen LogP contribution is 2.10. The summed E-state index contributed by atoms with van der Waals surface area (Å²) < 4.78 is 9.11. The molecule has 0 spiro atoms. The van der Waals surface area contributed by atoms with Crippen LogP contribution >= 0.6 is 11.6 Å². The van der Waals surface area contributed by atoms with Crippen LogP contribution in [0, 0.1) is 0 Å². The van der Waals surface area contributed by atoms with E-state index < -0.39 is 23.9 Å². The van der Waals surface area contributed by atoms with Crippen LogP contribution in [-0.4, -0.2) is 38.1 Å². The number of carbonyl (C=O) groups is 3. The molecule has 0 heterocycles. The predicted molar refractivity (Wildman–Crippen MR) is 76.0 cm³/mol. The molecule has 0 fully saturated rings. The van der Waals surface area contributed by atoms with Crippen molar-refractivity contribution in [3.8, 4) is 0 Å². The van der Waals surface area contributed by atoms with Gasteiger partial charge in [-0.1, -0.05) is 11.6 Å². The number of nitrogens with one attached hydrogen (secondary N) is 1. The van der Waals surface area contributed by atoms with Crippen LogP contribution in [0.1, 0.15) is 23.2 Å². The number of carbonyl (C=O) groups excluding carboxylic acids is 3. The molecule has 1 atom stereocenters. The molecule has 0 aliphatic carbocycles. The van der Waals surface area contributed by atoms with Crippen molar-refractivity contribution < 1.29 is 23.9 Å². The molecule has 1 N–H and O–H groups in total. The summed E-state index contributed by atoms with van der Waals surface area (Å²) in [5.41, 5.74) is 0.353. The van der Waals surface area contributed by atoms with E-state index in [-0.39, 0.29) is 12.8 Å². The lowest BCUT2D eigenvalue weighted by Gasteiger charge is -2.16. The third-order valence-corrected chi connectivity index (χ3v) is 3.01. The molecule has 1 rings (SSSR count). The highest BCUT2D eigenvalue weighted by atomic mass is 35.5.